The molecule has 2 heterocycles. The van der Waals surface area contributed by atoms with Crippen LogP contribution in [0.4, 0.5) is 4.39 Å². The third kappa shape index (κ3) is 5.51. The number of hydrogen-bond donors (Lipinski definition) is 2. The largest absolute Gasteiger partial charge is 0.475 e. The van der Waals surface area contributed by atoms with E-state index >= 15 is 0 Å². The van der Waals surface area contributed by atoms with Gasteiger partial charge in [-0.15, -0.1) is 0 Å². The molecule has 0 spiro atoms. The Labute approximate surface area is 222 Å². The summed E-state index contributed by atoms with van der Waals surface area (Å²) in [5, 5.41) is 9.88. The van der Waals surface area contributed by atoms with Gasteiger partial charge in [0, 0.05) is 30.3 Å². The molecule has 38 heavy (non-hydrogen) atoms. The van der Waals surface area contributed by atoms with E-state index in [9.17, 15) is 23.9 Å². The topological polar surface area (TPSA) is 114 Å². The summed E-state index contributed by atoms with van der Waals surface area (Å²) in [6, 6.07) is 5.93. The van der Waals surface area contributed by atoms with Gasteiger partial charge in [-0.2, -0.15) is 0 Å². The molecule has 7 nitrogen and oxygen atoms in total. The maximum absolute atomic E-state index is 13.9. The number of carboxylic acid groups (broad SMARTS) is 1. The first-order valence-corrected chi connectivity index (χ1v) is 14.3. The lowest BCUT2D eigenvalue weighted by molar-refractivity contribution is -0.143. The lowest BCUT2D eigenvalue weighted by Gasteiger charge is -2.37. The summed E-state index contributed by atoms with van der Waals surface area (Å²) >= 11 is 0. The highest BCUT2D eigenvalue weighted by atomic mass is 19.1. The Bertz CT molecular complexity index is 1160. The first kappa shape index (κ1) is 26.9. The Morgan fingerprint density at radius 2 is 1.76 bits per heavy atom. The van der Waals surface area contributed by atoms with Gasteiger partial charge in [-0.25, -0.2) is 9.18 Å². The fourth-order valence-electron chi connectivity index (χ4n) is 7.30. The van der Waals surface area contributed by atoms with Crippen LogP contribution in [0.3, 0.4) is 0 Å². The monoisotopic (exact) mass is 526 g/mol. The molecule has 1 saturated heterocycles. The number of nitrogens with two attached hydrogens (primary N) is 1. The van der Waals surface area contributed by atoms with Crippen molar-refractivity contribution in [1.82, 2.24) is 4.90 Å². The fourth-order valence-corrected chi connectivity index (χ4v) is 7.30. The number of hydrogen-bond acceptors (Lipinski definition) is 5. The van der Waals surface area contributed by atoms with E-state index in [1.165, 1.54) is 25.3 Å². The Kier molecular flexibility index (Phi) is 8.17. The number of amides is 1. The predicted molar refractivity (Wildman–Crippen MR) is 141 cm³/mol. The summed E-state index contributed by atoms with van der Waals surface area (Å²) in [7, 11) is 0. The molecule has 0 radical (unpaired) electrons. The van der Waals surface area contributed by atoms with Gasteiger partial charge in [-0.05, 0) is 73.6 Å². The molecule has 1 unspecified atom stereocenters. The van der Waals surface area contributed by atoms with Gasteiger partial charge in [0.2, 0.25) is 11.7 Å². The molecular formula is C30H39FN2O5. The maximum Gasteiger partial charge on any atom is 0.371 e. The molecule has 1 amide bonds. The van der Waals surface area contributed by atoms with E-state index in [0.717, 1.165) is 37.7 Å². The van der Waals surface area contributed by atoms with Gasteiger partial charge < -0.3 is 20.2 Å². The quantitative estimate of drug-likeness (QED) is 0.492. The number of benzene rings is 1. The highest BCUT2D eigenvalue weighted by Crippen LogP contribution is 2.41. The first-order chi connectivity index (χ1) is 18.4. The molecule has 206 valence electrons. The number of alkyl halides is 1. The predicted octanol–water partition coefficient (Wildman–Crippen LogP) is 5.14. The van der Waals surface area contributed by atoms with E-state index in [1.807, 2.05) is 17.0 Å². The summed E-state index contributed by atoms with van der Waals surface area (Å²) in [5.74, 6) is -0.496. The van der Waals surface area contributed by atoms with Crippen LogP contribution < -0.4 is 5.73 Å². The number of carboxylic acids is 1. The van der Waals surface area contributed by atoms with Gasteiger partial charge in [-0.1, -0.05) is 38.2 Å². The second kappa shape index (κ2) is 11.6. The van der Waals surface area contributed by atoms with Crippen molar-refractivity contribution in [3.63, 3.8) is 0 Å². The van der Waals surface area contributed by atoms with Crippen LogP contribution in [0.25, 0.3) is 11.0 Å². The van der Waals surface area contributed by atoms with Gasteiger partial charge in [-0.3, -0.25) is 9.59 Å². The second-order valence-corrected chi connectivity index (χ2v) is 11.7. The molecule has 8 heteroatoms. The third-order valence-corrected chi connectivity index (χ3v) is 9.39. The Hall–Kier alpha value is -2.74. The summed E-state index contributed by atoms with van der Waals surface area (Å²) < 4.78 is 18.4. The van der Waals surface area contributed by atoms with Crippen LogP contribution >= 0.6 is 0 Å². The Balaban J connectivity index is 1.34. The molecule has 3 atom stereocenters. The molecule has 2 saturated carbocycles. The van der Waals surface area contributed by atoms with Crippen LogP contribution in [0.1, 0.15) is 80.3 Å². The number of rotatable bonds is 8. The lowest BCUT2D eigenvalue weighted by Crippen LogP contribution is -2.48. The van der Waals surface area contributed by atoms with Crippen molar-refractivity contribution in [3.05, 3.63) is 35.6 Å². The molecule has 3 N–H and O–H groups in total. The molecule has 1 aromatic heterocycles. The van der Waals surface area contributed by atoms with Crippen LogP contribution in [-0.4, -0.2) is 53.0 Å². The van der Waals surface area contributed by atoms with Crippen LogP contribution in [0, 0.1) is 23.7 Å². The van der Waals surface area contributed by atoms with E-state index < -0.39 is 24.7 Å². The summed E-state index contributed by atoms with van der Waals surface area (Å²) in [5.41, 5.74) is 7.19. The number of ketones is 1. The van der Waals surface area contributed by atoms with Crippen LogP contribution in [0.2, 0.25) is 0 Å². The molecule has 3 aliphatic rings. The second-order valence-electron chi connectivity index (χ2n) is 11.7. The smallest absolute Gasteiger partial charge is 0.371 e. The van der Waals surface area contributed by atoms with Crippen molar-refractivity contribution < 1.29 is 28.3 Å². The SMILES string of the molecule is NC(CF)C1CCC(C(=O)N2CC[C@@H](C3CCCCC3)[C@H]2C(=O)Cc2ccc3oc(C(=O)O)cc3c2)CC1. The highest BCUT2D eigenvalue weighted by molar-refractivity contribution is 5.94. The first-order valence-electron chi connectivity index (χ1n) is 14.3. The number of aromatic carboxylic acids is 1. The van der Waals surface area contributed by atoms with Crippen molar-refractivity contribution in [2.45, 2.75) is 82.7 Å². The number of Topliss-reactive ketones (excluding diaryl/α,β-unsaturated/α-hetero) is 1. The molecule has 1 aliphatic heterocycles. The maximum atomic E-state index is 13.9. The molecule has 2 aromatic rings. The minimum absolute atomic E-state index is 0.0564. The Morgan fingerprint density at radius 3 is 2.45 bits per heavy atom. The molecule has 3 fully saturated rings. The van der Waals surface area contributed by atoms with Gasteiger partial charge in [0.05, 0.1) is 6.04 Å². The standard InChI is InChI=1S/C30H39FN2O5/c31-17-24(32)20-7-9-21(10-8-20)29(35)33-13-12-23(19-4-2-1-3-5-19)28(33)25(34)15-18-6-11-26-22(14-18)16-27(38-26)30(36)37/h6,11,14,16,19-21,23-24,28H,1-5,7-10,12-13,15,17,32H2,(H,36,37)/t20?,21?,23-,24?,28-/m0/s1. The zero-order valence-corrected chi connectivity index (χ0v) is 21.9. The van der Waals surface area contributed by atoms with E-state index in [1.54, 1.807) is 6.07 Å². The number of fused-ring (bicyclic) bond motifs is 1. The number of carbonyl (C=O) groups is 3. The summed E-state index contributed by atoms with van der Waals surface area (Å²) in [6.45, 7) is 0.0837. The van der Waals surface area contributed by atoms with Crippen LogP contribution in [-0.2, 0) is 16.0 Å². The van der Waals surface area contributed by atoms with Gasteiger partial charge >= 0.3 is 5.97 Å². The average Bonchev–Trinajstić information content (AvgIpc) is 3.58. The Morgan fingerprint density at radius 1 is 1.03 bits per heavy atom. The molecular weight excluding hydrogens is 487 g/mol. The summed E-state index contributed by atoms with van der Waals surface area (Å²) in [4.78, 5) is 40.9. The summed E-state index contributed by atoms with van der Waals surface area (Å²) in [6.07, 6.45) is 9.78. The number of carbonyl (C=O) groups excluding carboxylic acids is 2. The molecule has 5 rings (SSSR count). The van der Waals surface area contributed by atoms with Crippen molar-refractivity contribution in [1.29, 1.82) is 0 Å². The highest BCUT2D eigenvalue weighted by Gasteiger charge is 2.46. The van der Waals surface area contributed by atoms with Crippen molar-refractivity contribution in [2.75, 3.05) is 13.2 Å². The number of furan rings is 1. The van der Waals surface area contributed by atoms with E-state index in [0.29, 0.717) is 36.3 Å². The minimum Gasteiger partial charge on any atom is -0.475 e. The van der Waals surface area contributed by atoms with Crippen molar-refractivity contribution in [2.24, 2.45) is 29.4 Å². The van der Waals surface area contributed by atoms with Crippen molar-refractivity contribution in [3.8, 4) is 0 Å². The molecule has 2 aliphatic carbocycles. The zero-order valence-electron chi connectivity index (χ0n) is 21.9. The normalized spacial score (nSPS) is 27.5. The number of halogens is 1. The lowest BCUT2D eigenvalue weighted by atomic mass is 9.75. The zero-order chi connectivity index (χ0) is 26.8. The van der Waals surface area contributed by atoms with Gasteiger partial charge in [0.1, 0.15) is 12.3 Å². The number of likely N-dealkylation sites (tertiary alicyclic amines) is 1. The third-order valence-electron chi connectivity index (χ3n) is 9.39. The fraction of sp³-hybridized carbons (Fsp3) is 0.633. The van der Waals surface area contributed by atoms with E-state index in [4.69, 9.17) is 10.2 Å². The molecule has 0 bridgehead atoms. The van der Waals surface area contributed by atoms with E-state index in [2.05, 4.69) is 0 Å². The number of nitrogens with zero attached hydrogens (tertiary/aromatic N) is 1. The van der Waals surface area contributed by atoms with Crippen molar-refractivity contribution >= 4 is 28.6 Å². The van der Waals surface area contributed by atoms with Gasteiger partial charge in [0.25, 0.3) is 0 Å². The van der Waals surface area contributed by atoms with Crippen LogP contribution in [0.5, 0.6) is 0 Å². The van der Waals surface area contributed by atoms with E-state index in [-0.39, 0.29) is 41.6 Å². The minimum atomic E-state index is -1.13. The molecule has 1 aromatic carbocycles. The van der Waals surface area contributed by atoms with Gasteiger partial charge in [0.15, 0.2) is 5.78 Å². The average molecular weight is 527 g/mol. The van der Waals surface area contributed by atoms with Crippen LogP contribution in [0.15, 0.2) is 28.7 Å².